The minimum Gasteiger partial charge on any atom is -0.618 e. The van der Waals surface area contributed by atoms with Gasteiger partial charge in [-0.15, -0.1) is 0 Å². The van der Waals surface area contributed by atoms with E-state index in [2.05, 4.69) is 5.32 Å². The minimum absolute atomic E-state index is 0.0645. The molecule has 0 fully saturated rings. The molecular formula is C13H20N2O3S. The van der Waals surface area contributed by atoms with Crippen LogP contribution in [0.25, 0.3) is 0 Å². The van der Waals surface area contributed by atoms with Crippen molar-refractivity contribution >= 4 is 17.7 Å². The monoisotopic (exact) mass is 284 g/mol. The van der Waals surface area contributed by atoms with Crippen LogP contribution in [0.15, 0.2) is 29.4 Å². The molecule has 1 aromatic rings. The number of carbonyl (C=O) groups excluding carboxylic acids is 1. The van der Waals surface area contributed by atoms with Gasteiger partial charge in [0.15, 0.2) is 6.20 Å². The lowest BCUT2D eigenvalue weighted by molar-refractivity contribution is -0.645. The van der Waals surface area contributed by atoms with E-state index < -0.39 is 0 Å². The highest BCUT2D eigenvalue weighted by molar-refractivity contribution is 8.00. The lowest BCUT2D eigenvalue weighted by atomic mass is 10.4. The van der Waals surface area contributed by atoms with Gasteiger partial charge in [0.2, 0.25) is 5.91 Å². The summed E-state index contributed by atoms with van der Waals surface area (Å²) in [5.41, 5.74) is 0. The van der Waals surface area contributed by atoms with Gasteiger partial charge in [-0.3, -0.25) is 4.79 Å². The second kappa shape index (κ2) is 8.77. The van der Waals surface area contributed by atoms with Crippen LogP contribution in [0.1, 0.15) is 20.3 Å². The Morgan fingerprint density at radius 1 is 1.58 bits per heavy atom. The molecule has 0 spiro atoms. The van der Waals surface area contributed by atoms with Crippen molar-refractivity contribution in [3.63, 3.8) is 0 Å². The summed E-state index contributed by atoms with van der Waals surface area (Å²) in [5.74, 6) is -0.0645. The number of ether oxygens (including phenoxy) is 1. The number of carbonyl (C=O) groups is 1. The number of pyridine rings is 1. The zero-order valence-corrected chi connectivity index (χ0v) is 12.1. The number of amides is 1. The van der Waals surface area contributed by atoms with E-state index in [-0.39, 0.29) is 11.2 Å². The van der Waals surface area contributed by atoms with Crippen molar-refractivity contribution in [3.05, 3.63) is 29.6 Å². The van der Waals surface area contributed by atoms with Gasteiger partial charge in [0.1, 0.15) is 0 Å². The molecule has 1 unspecified atom stereocenters. The summed E-state index contributed by atoms with van der Waals surface area (Å²) in [7, 11) is 0. The van der Waals surface area contributed by atoms with Gasteiger partial charge in [-0.2, -0.15) is 4.73 Å². The van der Waals surface area contributed by atoms with Crippen LogP contribution in [-0.4, -0.2) is 30.9 Å². The Kier molecular flexibility index (Phi) is 7.28. The van der Waals surface area contributed by atoms with E-state index >= 15 is 0 Å². The first kappa shape index (κ1) is 15.8. The Morgan fingerprint density at radius 3 is 3.05 bits per heavy atom. The standard InChI is InChI=1S/C13H20N2O3S/c1-3-18-10-6-8-14-13(16)11(2)19-12-7-4-5-9-15(12)17/h4-5,7,9,11H,3,6,8,10H2,1-2H3,(H,14,16). The average Bonchev–Trinajstić information content (AvgIpc) is 2.41. The van der Waals surface area contributed by atoms with Crippen LogP contribution < -0.4 is 10.0 Å². The van der Waals surface area contributed by atoms with Crippen LogP contribution in [0.2, 0.25) is 0 Å². The van der Waals surface area contributed by atoms with E-state index in [0.717, 1.165) is 11.2 Å². The van der Waals surface area contributed by atoms with Crippen LogP contribution in [0, 0.1) is 5.21 Å². The highest BCUT2D eigenvalue weighted by Crippen LogP contribution is 2.19. The fraction of sp³-hybridized carbons (Fsp3) is 0.538. The highest BCUT2D eigenvalue weighted by atomic mass is 32.2. The molecule has 1 atom stereocenters. The number of nitrogens with zero attached hydrogens (tertiary/aromatic N) is 1. The smallest absolute Gasteiger partial charge is 0.252 e. The molecule has 0 radical (unpaired) electrons. The fourth-order valence-electron chi connectivity index (χ4n) is 1.41. The topological polar surface area (TPSA) is 65.3 Å². The predicted octanol–water partition coefficient (Wildman–Crippen LogP) is 1.34. The molecule has 19 heavy (non-hydrogen) atoms. The molecule has 0 aliphatic heterocycles. The van der Waals surface area contributed by atoms with Gasteiger partial charge < -0.3 is 15.3 Å². The molecule has 0 aliphatic rings. The van der Waals surface area contributed by atoms with Gasteiger partial charge >= 0.3 is 0 Å². The lowest BCUT2D eigenvalue weighted by Gasteiger charge is -2.11. The number of hydrogen-bond acceptors (Lipinski definition) is 4. The third kappa shape index (κ3) is 5.94. The Bertz CT molecular complexity index is 401. The van der Waals surface area contributed by atoms with Crippen molar-refractivity contribution in [3.8, 4) is 0 Å². The molecule has 0 saturated carbocycles. The van der Waals surface area contributed by atoms with Crippen molar-refractivity contribution in [2.24, 2.45) is 0 Å². The quantitative estimate of drug-likeness (QED) is 0.339. The van der Waals surface area contributed by atoms with E-state index in [0.29, 0.717) is 24.8 Å². The maximum atomic E-state index is 11.8. The minimum atomic E-state index is -0.297. The Morgan fingerprint density at radius 2 is 2.37 bits per heavy atom. The summed E-state index contributed by atoms with van der Waals surface area (Å²) in [6.45, 7) is 5.66. The van der Waals surface area contributed by atoms with Crippen LogP contribution in [-0.2, 0) is 9.53 Å². The summed E-state index contributed by atoms with van der Waals surface area (Å²) in [4.78, 5) is 11.8. The first-order valence-corrected chi connectivity index (χ1v) is 7.23. The first-order chi connectivity index (χ1) is 9.15. The summed E-state index contributed by atoms with van der Waals surface area (Å²) < 4.78 is 5.95. The normalized spacial score (nSPS) is 12.1. The van der Waals surface area contributed by atoms with Gasteiger partial charge in [-0.05, 0) is 38.1 Å². The maximum Gasteiger partial charge on any atom is 0.252 e. The number of nitrogens with one attached hydrogen (secondary N) is 1. The molecule has 1 heterocycles. The van der Waals surface area contributed by atoms with Crippen LogP contribution >= 0.6 is 11.8 Å². The fourth-order valence-corrected chi connectivity index (χ4v) is 2.29. The Balaban J connectivity index is 2.31. The zero-order chi connectivity index (χ0) is 14.1. The Labute approximate surface area is 117 Å². The van der Waals surface area contributed by atoms with Crippen molar-refractivity contribution in [2.75, 3.05) is 19.8 Å². The number of hydrogen-bond donors (Lipinski definition) is 1. The molecule has 0 aliphatic carbocycles. The maximum absolute atomic E-state index is 11.8. The largest absolute Gasteiger partial charge is 0.618 e. The lowest BCUT2D eigenvalue weighted by Crippen LogP contribution is -2.34. The van der Waals surface area contributed by atoms with Crippen LogP contribution in [0.5, 0.6) is 0 Å². The van der Waals surface area contributed by atoms with Crippen molar-refractivity contribution in [1.29, 1.82) is 0 Å². The summed E-state index contributed by atoms with van der Waals surface area (Å²) in [5, 5.41) is 14.5. The average molecular weight is 284 g/mol. The van der Waals surface area contributed by atoms with E-state index in [1.807, 2.05) is 6.92 Å². The molecule has 1 aromatic heterocycles. The molecule has 0 saturated heterocycles. The third-order valence-corrected chi connectivity index (χ3v) is 3.55. The summed E-state index contributed by atoms with van der Waals surface area (Å²) in [6, 6.07) is 5.15. The summed E-state index contributed by atoms with van der Waals surface area (Å²) >= 11 is 1.25. The van der Waals surface area contributed by atoms with Crippen molar-refractivity contribution in [2.45, 2.75) is 30.5 Å². The first-order valence-electron chi connectivity index (χ1n) is 6.35. The molecule has 1 rings (SSSR count). The van der Waals surface area contributed by atoms with Crippen molar-refractivity contribution in [1.82, 2.24) is 5.32 Å². The molecule has 106 valence electrons. The third-order valence-electron chi connectivity index (χ3n) is 2.42. The molecule has 6 heteroatoms. The second-order valence-corrected chi connectivity index (χ2v) is 5.33. The van der Waals surface area contributed by atoms with E-state index in [9.17, 15) is 10.0 Å². The zero-order valence-electron chi connectivity index (χ0n) is 11.3. The molecular weight excluding hydrogens is 264 g/mol. The molecule has 0 bridgehead atoms. The molecule has 0 aromatic carbocycles. The van der Waals surface area contributed by atoms with Gasteiger partial charge in [0, 0.05) is 31.9 Å². The van der Waals surface area contributed by atoms with E-state index in [4.69, 9.17) is 4.74 Å². The summed E-state index contributed by atoms with van der Waals surface area (Å²) in [6.07, 6.45) is 2.22. The molecule has 1 N–H and O–H groups in total. The number of thioether (sulfide) groups is 1. The van der Waals surface area contributed by atoms with Gasteiger partial charge in [0.05, 0.1) is 5.25 Å². The molecule has 5 nitrogen and oxygen atoms in total. The number of rotatable bonds is 8. The van der Waals surface area contributed by atoms with E-state index in [1.54, 1.807) is 25.1 Å². The predicted molar refractivity (Wildman–Crippen MR) is 74.8 cm³/mol. The molecule has 1 amide bonds. The second-order valence-electron chi connectivity index (χ2n) is 3.97. The Hall–Kier alpha value is -1.27. The SMILES string of the molecule is CCOCCCNC(=O)C(C)Sc1cccc[n+]1[O-]. The van der Waals surface area contributed by atoms with Gasteiger partial charge in [0.25, 0.3) is 5.03 Å². The highest BCUT2D eigenvalue weighted by Gasteiger charge is 2.17. The van der Waals surface area contributed by atoms with Crippen molar-refractivity contribution < 1.29 is 14.3 Å². The van der Waals surface area contributed by atoms with Gasteiger partial charge in [-0.1, -0.05) is 0 Å². The van der Waals surface area contributed by atoms with E-state index in [1.165, 1.54) is 18.0 Å². The number of aromatic nitrogens is 1. The van der Waals surface area contributed by atoms with Gasteiger partial charge in [-0.25, -0.2) is 0 Å². The van der Waals surface area contributed by atoms with Crippen LogP contribution in [0.3, 0.4) is 0 Å². The van der Waals surface area contributed by atoms with Crippen LogP contribution in [0.4, 0.5) is 0 Å².